The molecule has 1 aromatic heterocycles. The second kappa shape index (κ2) is 9.12. The lowest BCUT2D eigenvalue weighted by molar-refractivity contribution is 0.0695. The van der Waals surface area contributed by atoms with Crippen LogP contribution in [0, 0.1) is 5.82 Å². The van der Waals surface area contributed by atoms with Crippen molar-refractivity contribution >= 4 is 28.8 Å². The minimum Gasteiger partial charge on any atom is -0.477 e. The number of nitrogens with zero attached hydrogens (tertiary/aromatic N) is 4. The van der Waals surface area contributed by atoms with Crippen LogP contribution in [-0.4, -0.2) is 66.0 Å². The number of carbonyl (C=O) groups is 1. The van der Waals surface area contributed by atoms with Gasteiger partial charge < -0.3 is 14.6 Å². The third-order valence-electron chi connectivity index (χ3n) is 6.14. The summed E-state index contributed by atoms with van der Waals surface area (Å²) in [5.74, 6) is -1.75. The van der Waals surface area contributed by atoms with Gasteiger partial charge in [-0.25, -0.2) is 9.18 Å². The van der Waals surface area contributed by atoms with Gasteiger partial charge in [0.1, 0.15) is 11.4 Å². The van der Waals surface area contributed by atoms with Crippen LogP contribution in [0.4, 0.5) is 10.1 Å². The number of fused-ring (bicyclic) bond motifs is 1. The Kier molecular flexibility index (Phi) is 6.30. The Morgan fingerprint density at radius 3 is 2.61 bits per heavy atom. The van der Waals surface area contributed by atoms with Crippen LogP contribution in [0.15, 0.2) is 28.1 Å². The third kappa shape index (κ3) is 4.60. The average molecular weight is 428 g/mol. The molecule has 1 aliphatic heterocycles. The van der Waals surface area contributed by atoms with Crippen molar-refractivity contribution in [1.82, 2.24) is 9.47 Å². The molecule has 0 radical (unpaired) electrons. The van der Waals surface area contributed by atoms with Gasteiger partial charge in [-0.2, -0.15) is 0 Å². The number of aliphatic imine (C=N–C) groups is 1. The highest BCUT2D eigenvalue weighted by Gasteiger charge is 2.28. The maximum absolute atomic E-state index is 15.0. The molecule has 8 heteroatoms. The first-order valence-corrected chi connectivity index (χ1v) is 10.9. The van der Waals surface area contributed by atoms with Crippen LogP contribution >= 0.6 is 0 Å². The summed E-state index contributed by atoms with van der Waals surface area (Å²) < 4.78 is 16.9. The summed E-state index contributed by atoms with van der Waals surface area (Å²) in [6, 6.07) is 3.12. The van der Waals surface area contributed by atoms with Gasteiger partial charge in [-0.3, -0.25) is 9.69 Å². The van der Waals surface area contributed by atoms with Gasteiger partial charge in [-0.15, -0.1) is 0 Å². The number of anilines is 1. The van der Waals surface area contributed by atoms with Crippen LogP contribution < -0.4 is 10.3 Å². The standard InChI is InChI=1S/C23H27FN4O3/c1-2-25-7-3-4-8-26-9-11-27(12-10-26)21-14-20-17(13-19(21)24)22(29)18(23(30)31)15-28(20)16-5-6-16/h13-16H,3-12H2,1H3/p+1. The largest absolute Gasteiger partial charge is 0.477 e. The summed E-state index contributed by atoms with van der Waals surface area (Å²) in [6.07, 6.45) is 8.20. The van der Waals surface area contributed by atoms with Crippen molar-refractivity contribution in [3.05, 3.63) is 39.9 Å². The molecule has 4 rings (SSSR count). The highest BCUT2D eigenvalue weighted by atomic mass is 19.1. The van der Waals surface area contributed by atoms with E-state index in [2.05, 4.69) is 16.1 Å². The Labute approximate surface area is 180 Å². The quantitative estimate of drug-likeness (QED) is 0.398. The van der Waals surface area contributed by atoms with E-state index in [9.17, 15) is 14.7 Å². The highest BCUT2D eigenvalue weighted by molar-refractivity contribution is 5.93. The first-order chi connectivity index (χ1) is 15.0. The first-order valence-electron chi connectivity index (χ1n) is 10.9. The number of aromatic nitrogens is 1. The molecule has 1 saturated carbocycles. The van der Waals surface area contributed by atoms with Crippen molar-refractivity contribution in [2.45, 2.75) is 38.6 Å². The third-order valence-corrected chi connectivity index (χ3v) is 6.14. The monoisotopic (exact) mass is 427 g/mol. The molecule has 1 N–H and O–H groups in total. The zero-order valence-electron chi connectivity index (χ0n) is 17.8. The van der Waals surface area contributed by atoms with Crippen molar-refractivity contribution in [2.24, 2.45) is 4.99 Å². The first kappa shape index (κ1) is 21.4. The molecule has 2 aliphatic rings. The van der Waals surface area contributed by atoms with E-state index in [0.717, 1.165) is 51.9 Å². The minimum atomic E-state index is -1.28. The van der Waals surface area contributed by atoms with Gasteiger partial charge in [-0.1, -0.05) is 0 Å². The van der Waals surface area contributed by atoms with Gasteiger partial charge >= 0.3 is 12.2 Å². The molecule has 0 amide bonds. The topological polar surface area (TPSA) is 78.1 Å². The second-order valence-corrected chi connectivity index (χ2v) is 8.28. The molecular weight excluding hydrogens is 399 g/mol. The molecule has 0 unspecified atom stereocenters. The fourth-order valence-corrected chi connectivity index (χ4v) is 4.26. The van der Waals surface area contributed by atoms with E-state index in [0.29, 0.717) is 24.3 Å². The number of piperazine rings is 1. The van der Waals surface area contributed by atoms with Crippen LogP contribution in [0.5, 0.6) is 0 Å². The Morgan fingerprint density at radius 1 is 1.23 bits per heavy atom. The zero-order chi connectivity index (χ0) is 22.0. The summed E-state index contributed by atoms with van der Waals surface area (Å²) in [4.78, 5) is 32.6. The molecule has 1 aromatic carbocycles. The van der Waals surface area contributed by atoms with E-state index in [-0.39, 0.29) is 17.0 Å². The molecule has 0 spiro atoms. The molecule has 7 nitrogen and oxygen atoms in total. The number of benzene rings is 1. The highest BCUT2D eigenvalue weighted by Crippen LogP contribution is 2.38. The summed E-state index contributed by atoms with van der Waals surface area (Å²) in [5, 5.41) is 9.52. The molecular formula is C23H28FN4O3+. The molecule has 0 atom stereocenters. The summed E-state index contributed by atoms with van der Waals surface area (Å²) >= 11 is 0. The number of aromatic carboxylic acids is 1. The Hall–Kier alpha value is -2.83. The second-order valence-electron chi connectivity index (χ2n) is 8.28. The van der Waals surface area contributed by atoms with Crippen LogP contribution in [0.3, 0.4) is 0 Å². The van der Waals surface area contributed by atoms with Crippen LogP contribution in [0.2, 0.25) is 0 Å². The van der Waals surface area contributed by atoms with Crippen molar-refractivity contribution in [1.29, 1.82) is 0 Å². The SMILES string of the molecule is C[C+]=NCCCCN1CCN(c2cc3c(cc2F)c(=O)c(C(=O)O)cn3C2CC2)CC1. The predicted octanol–water partition coefficient (Wildman–Crippen LogP) is 3.04. The Morgan fingerprint density at radius 2 is 1.97 bits per heavy atom. The van der Waals surface area contributed by atoms with Gasteiger partial charge in [0.15, 0.2) is 6.92 Å². The van der Waals surface area contributed by atoms with Gasteiger partial charge in [0.25, 0.3) is 0 Å². The Balaban J connectivity index is 1.53. The lowest BCUT2D eigenvalue weighted by atomic mass is 10.1. The predicted molar refractivity (Wildman–Crippen MR) is 119 cm³/mol. The maximum atomic E-state index is 15.0. The molecule has 31 heavy (non-hydrogen) atoms. The van der Waals surface area contributed by atoms with E-state index in [4.69, 9.17) is 0 Å². The fourth-order valence-electron chi connectivity index (χ4n) is 4.26. The number of carboxylic acid groups (broad SMARTS) is 1. The number of hydrogen-bond acceptors (Lipinski definition) is 5. The molecule has 2 aromatic rings. The number of halogens is 1. The van der Waals surface area contributed by atoms with Gasteiger partial charge in [0, 0.05) is 43.8 Å². The minimum absolute atomic E-state index is 0.138. The normalized spacial score (nSPS) is 17.4. The summed E-state index contributed by atoms with van der Waals surface area (Å²) in [5.41, 5.74) is 0.170. The lowest BCUT2D eigenvalue weighted by Crippen LogP contribution is -2.47. The van der Waals surface area contributed by atoms with E-state index < -0.39 is 17.2 Å². The molecule has 1 saturated heterocycles. The van der Waals surface area contributed by atoms with Crippen molar-refractivity contribution < 1.29 is 14.3 Å². The number of unbranched alkanes of at least 4 members (excludes halogenated alkanes) is 1. The van der Waals surface area contributed by atoms with Crippen molar-refractivity contribution in [3.8, 4) is 0 Å². The van der Waals surface area contributed by atoms with Gasteiger partial charge in [-0.05, 0) is 49.4 Å². The van der Waals surface area contributed by atoms with E-state index in [1.54, 1.807) is 13.0 Å². The average Bonchev–Trinajstić information content (AvgIpc) is 3.59. The molecule has 2 heterocycles. The number of rotatable bonds is 8. The summed E-state index contributed by atoms with van der Waals surface area (Å²) in [6.45, 7) is 6.76. The van der Waals surface area contributed by atoms with E-state index >= 15 is 4.39 Å². The van der Waals surface area contributed by atoms with Crippen molar-refractivity contribution in [3.63, 3.8) is 0 Å². The number of carboxylic acids is 1. The fraction of sp³-hybridized carbons (Fsp3) is 0.522. The van der Waals surface area contributed by atoms with E-state index in [1.807, 2.05) is 9.47 Å². The van der Waals surface area contributed by atoms with Crippen molar-refractivity contribution in [2.75, 3.05) is 44.2 Å². The number of pyridine rings is 1. The Bertz CT molecular complexity index is 1050. The van der Waals surface area contributed by atoms with E-state index in [1.165, 1.54) is 12.3 Å². The van der Waals surface area contributed by atoms with Gasteiger partial charge in [0.2, 0.25) is 5.43 Å². The van der Waals surface area contributed by atoms with Gasteiger partial charge in [0.05, 0.1) is 17.7 Å². The molecule has 1 aliphatic carbocycles. The lowest BCUT2D eigenvalue weighted by Gasteiger charge is -2.36. The maximum Gasteiger partial charge on any atom is 0.353 e. The molecule has 2 fully saturated rings. The zero-order valence-corrected chi connectivity index (χ0v) is 17.8. The van der Waals surface area contributed by atoms with Crippen LogP contribution in [0.25, 0.3) is 10.9 Å². The molecule has 0 bridgehead atoms. The number of hydrogen-bond donors (Lipinski definition) is 1. The van der Waals surface area contributed by atoms with Crippen LogP contribution in [0.1, 0.15) is 49.0 Å². The molecule has 164 valence electrons. The smallest absolute Gasteiger partial charge is 0.353 e. The van der Waals surface area contributed by atoms with Crippen LogP contribution in [-0.2, 0) is 0 Å². The summed E-state index contributed by atoms with van der Waals surface area (Å²) in [7, 11) is 0.